The van der Waals surface area contributed by atoms with Gasteiger partial charge in [0.25, 0.3) is 0 Å². The molecule has 0 aliphatic heterocycles. The van der Waals surface area contributed by atoms with Crippen molar-refractivity contribution in [3.8, 4) is 0 Å². The zero-order chi connectivity index (χ0) is 13.1. The molecule has 0 heterocycles. The van der Waals surface area contributed by atoms with Gasteiger partial charge in [-0.05, 0) is 56.1 Å². The molecule has 0 atom stereocenters. The van der Waals surface area contributed by atoms with Gasteiger partial charge >= 0.3 is 5.97 Å². The summed E-state index contributed by atoms with van der Waals surface area (Å²) in [6.45, 7) is 6.18. The number of hydrogen-bond acceptors (Lipinski definition) is 2. The van der Waals surface area contributed by atoms with Crippen LogP contribution in [0, 0.1) is 0 Å². The van der Waals surface area contributed by atoms with Crippen molar-refractivity contribution in [2.75, 3.05) is 7.11 Å². The average molecular weight is 246 g/mol. The molecule has 0 aromatic rings. The van der Waals surface area contributed by atoms with E-state index in [1.807, 2.05) is 0 Å². The van der Waals surface area contributed by atoms with Crippen molar-refractivity contribution < 1.29 is 9.53 Å². The van der Waals surface area contributed by atoms with Crippen molar-refractivity contribution in [1.29, 1.82) is 0 Å². The lowest BCUT2D eigenvalue weighted by molar-refractivity contribution is -0.135. The number of ether oxygens (including phenoxy) is 1. The summed E-state index contributed by atoms with van der Waals surface area (Å²) in [6, 6.07) is 0. The van der Waals surface area contributed by atoms with Gasteiger partial charge in [0, 0.05) is 0 Å². The minimum Gasteiger partial charge on any atom is -0.465 e. The molecular formula is C16H22O2. The Hall–Kier alpha value is -1.31. The summed E-state index contributed by atoms with van der Waals surface area (Å²) in [6.07, 6.45) is 7.45. The molecule has 18 heavy (non-hydrogen) atoms. The molecule has 0 unspecified atom stereocenters. The number of rotatable bonds is 4. The van der Waals surface area contributed by atoms with Crippen LogP contribution in [0.15, 0.2) is 34.4 Å². The fourth-order valence-electron chi connectivity index (χ4n) is 2.97. The Morgan fingerprint density at radius 1 is 1.33 bits per heavy atom. The molecule has 0 spiro atoms. The van der Waals surface area contributed by atoms with E-state index in [9.17, 15) is 4.79 Å². The van der Waals surface area contributed by atoms with E-state index in [4.69, 9.17) is 4.74 Å². The number of allylic oxidation sites excluding steroid dienone is 3. The number of methoxy groups -OCH3 is 1. The third kappa shape index (κ3) is 2.43. The second kappa shape index (κ2) is 5.55. The SMILES string of the molecule is C=C(CC)CC1=C(C(=O)OC)C2=C(CCCC2)C1. The van der Waals surface area contributed by atoms with Gasteiger partial charge in [0.2, 0.25) is 0 Å². The third-order valence-corrected chi connectivity index (χ3v) is 4.02. The number of carbonyl (C=O) groups is 1. The lowest BCUT2D eigenvalue weighted by Gasteiger charge is -2.15. The molecule has 2 rings (SSSR count). The van der Waals surface area contributed by atoms with Crippen LogP contribution in [0.5, 0.6) is 0 Å². The quantitative estimate of drug-likeness (QED) is 0.551. The predicted octanol–water partition coefficient (Wildman–Crippen LogP) is 4.09. The zero-order valence-electron chi connectivity index (χ0n) is 11.5. The van der Waals surface area contributed by atoms with E-state index in [0.29, 0.717) is 0 Å². The highest BCUT2D eigenvalue weighted by atomic mass is 16.5. The fourth-order valence-corrected chi connectivity index (χ4v) is 2.97. The Balaban J connectivity index is 2.30. The number of hydrogen-bond donors (Lipinski definition) is 0. The normalized spacial score (nSPS) is 19.0. The molecule has 2 aliphatic carbocycles. The zero-order valence-corrected chi connectivity index (χ0v) is 11.5. The summed E-state index contributed by atoms with van der Waals surface area (Å²) in [7, 11) is 1.48. The largest absolute Gasteiger partial charge is 0.465 e. The molecule has 0 saturated carbocycles. The lowest BCUT2D eigenvalue weighted by Crippen LogP contribution is -2.09. The van der Waals surface area contributed by atoms with Crippen LogP contribution in [0.2, 0.25) is 0 Å². The van der Waals surface area contributed by atoms with Crippen LogP contribution in [0.1, 0.15) is 51.9 Å². The monoisotopic (exact) mass is 246 g/mol. The van der Waals surface area contributed by atoms with Gasteiger partial charge in [-0.2, -0.15) is 0 Å². The van der Waals surface area contributed by atoms with Crippen molar-refractivity contribution in [2.24, 2.45) is 0 Å². The molecule has 2 nitrogen and oxygen atoms in total. The first-order valence-corrected chi connectivity index (χ1v) is 6.85. The minimum atomic E-state index is -0.152. The molecule has 0 aromatic carbocycles. The standard InChI is InChI=1S/C16H22O2/c1-4-11(2)9-13-10-12-7-5-6-8-14(12)15(13)16(17)18-3/h2,4-10H2,1,3H3. The van der Waals surface area contributed by atoms with E-state index >= 15 is 0 Å². The van der Waals surface area contributed by atoms with E-state index in [2.05, 4.69) is 13.5 Å². The molecule has 0 amide bonds. The second-order valence-electron chi connectivity index (χ2n) is 5.22. The van der Waals surface area contributed by atoms with Crippen molar-refractivity contribution in [3.05, 3.63) is 34.4 Å². The van der Waals surface area contributed by atoms with E-state index in [1.54, 1.807) is 0 Å². The molecule has 0 radical (unpaired) electrons. The molecule has 98 valence electrons. The maximum Gasteiger partial charge on any atom is 0.338 e. The summed E-state index contributed by atoms with van der Waals surface area (Å²) in [4.78, 5) is 12.0. The number of esters is 1. The van der Waals surface area contributed by atoms with Gasteiger partial charge in [0.05, 0.1) is 12.7 Å². The Morgan fingerprint density at radius 3 is 2.72 bits per heavy atom. The highest BCUT2D eigenvalue weighted by Gasteiger charge is 2.30. The molecule has 2 aliphatic rings. The van der Waals surface area contributed by atoms with Crippen LogP contribution >= 0.6 is 0 Å². The van der Waals surface area contributed by atoms with Crippen LogP contribution in [0.3, 0.4) is 0 Å². The molecular weight excluding hydrogens is 224 g/mol. The first-order valence-electron chi connectivity index (χ1n) is 6.85. The van der Waals surface area contributed by atoms with Gasteiger partial charge in [-0.15, -0.1) is 0 Å². The molecule has 0 fully saturated rings. The van der Waals surface area contributed by atoms with E-state index in [1.165, 1.54) is 42.2 Å². The minimum absolute atomic E-state index is 0.152. The van der Waals surface area contributed by atoms with Gasteiger partial charge in [0.1, 0.15) is 0 Å². The predicted molar refractivity (Wildman–Crippen MR) is 73.2 cm³/mol. The van der Waals surface area contributed by atoms with E-state index in [0.717, 1.165) is 37.7 Å². The van der Waals surface area contributed by atoms with Gasteiger partial charge < -0.3 is 4.74 Å². The summed E-state index contributed by atoms with van der Waals surface area (Å²) in [5.41, 5.74) is 6.07. The van der Waals surface area contributed by atoms with Crippen LogP contribution < -0.4 is 0 Å². The van der Waals surface area contributed by atoms with Crippen molar-refractivity contribution in [2.45, 2.75) is 51.9 Å². The Morgan fingerprint density at radius 2 is 2.06 bits per heavy atom. The molecule has 0 aromatic heterocycles. The first-order chi connectivity index (χ1) is 8.67. The van der Waals surface area contributed by atoms with Crippen LogP contribution in [0.25, 0.3) is 0 Å². The van der Waals surface area contributed by atoms with Crippen molar-refractivity contribution >= 4 is 5.97 Å². The second-order valence-corrected chi connectivity index (χ2v) is 5.22. The smallest absolute Gasteiger partial charge is 0.338 e. The van der Waals surface area contributed by atoms with Gasteiger partial charge in [-0.25, -0.2) is 4.79 Å². The summed E-state index contributed by atoms with van der Waals surface area (Å²) in [5, 5.41) is 0. The Labute approximate surface area is 109 Å². The molecule has 0 saturated heterocycles. The van der Waals surface area contributed by atoms with Gasteiger partial charge in [-0.1, -0.05) is 24.6 Å². The summed E-state index contributed by atoms with van der Waals surface area (Å²) >= 11 is 0. The Kier molecular flexibility index (Phi) is 4.05. The van der Waals surface area contributed by atoms with Gasteiger partial charge in [0.15, 0.2) is 0 Å². The van der Waals surface area contributed by atoms with E-state index < -0.39 is 0 Å². The van der Waals surface area contributed by atoms with Crippen LogP contribution in [-0.4, -0.2) is 13.1 Å². The van der Waals surface area contributed by atoms with Crippen LogP contribution in [-0.2, 0) is 9.53 Å². The van der Waals surface area contributed by atoms with E-state index in [-0.39, 0.29) is 5.97 Å². The highest BCUT2D eigenvalue weighted by molar-refractivity contribution is 5.96. The summed E-state index contributed by atoms with van der Waals surface area (Å²) < 4.78 is 4.97. The fraction of sp³-hybridized carbons (Fsp3) is 0.562. The maximum absolute atomic E-state index is 12.0. The topological polar surface area (TPSA) is 26.3 Å². The highest BCUT2D eigenvalue weighted by Crippen LogP contribution is 2.43. The van der Waals surface area contributed by atoms with Crippen molar-refractivity contribution in [3.63, 3.8) is 0 Å². The molecule has 0 N–H and O–H groups in total. The van der Waals surface area contributed by atoms with Crippen molar-refractivity contribution in [1.82, 2.24) is 0 Å². The van der Waals surface area contributed by atoms with Gasteiger partial charge in [-0.3, -0.25) is 0 Å². The average Bonchev–Trinajstić information content (AvgIpc) is 2.75. The number of carbonyl (C=O) groups excluding carboxylic acids is 1. The molecule has 2 heteroatoms. The summed E-state index contributed by atoms with van der Waals surface area (Å²) in [5.74, 6) is -0.152. The lowest BCUT2D eigenvalue weighted by atomic mass is 9.91. The Bertz CT molecular complexity index is 438. The maximum atomic E-state index is 12.0. The third-order valence-electron chi connectivity index (χ3n) is 4.02. The molecule has 0 bridgehead atoms. The van der Waals surface area contributed by atoms with Crippen LogP contribution in [0.4, 0.5) is 0 Å². The first kappa shape index (κ1) is 13.1.